The molecule has 1 N–H and O–H groups in total. The lowest BCUT2D eigenvalue weighted by Crippen LogP contribution is -2.13. The number of hydrogen-bond donors (Lipinski definition) is 1. The second-order valence-corrected chi connectivity index (χ2v) is 7.75. The lowest BCUT2D eigenvalue weighted by molar-refractivity contribution is -0.112. The minimum atomic E-state index is -0.501. The van der Waals surface area contributed by atoms with Crippen molar-refractivity contribution in [1.29, 1.82) is 5.26 Å². The second-order valence-electron chi connectivity index (χ2n) is 6.90. The van der Waals surface area contributed by atoms with Crippen LogP contribution in [0.25, 0.3) is 6.08 Å². The molecule has 3 aromatic carbocycles. The third kappa shape index (κ3) is 6.77. The molecule has 1 amide bonds. The van der Waals surface area contributed by atoms with Gasteiger partial charge in [0.15, 0.2) is 11.5 Å². The largest absolute Gasteiger partial charge is 0.497 e. The Morgan fingerprint density at radius 1 is 0.971 bits per heavy atom. The van der Waals surface area contributed by atoms with Crippen LogP contribution in [0, 0.1) is 11.3 Å². The highest BCUT2D eigenvalue weighted by Gasteiger charge is 2.14. The van der Waals surface area contributed by atoms with Crippen LogP contribution in [0.15, 0.2) is 76.8 Å². The normalized spacial score (nSPS) is 10.7. The first-order valence-corrected chi connectivity index (χ1v) is 11.1. The van der Waals surface area contributed by atoms with Crippen molar-refractivity contribution < 1.29 is 23.7 Å². The van der Waals surface area contributed by atoms with Crippen molar-refractivity contribution in [2.24, 2.45) is 0 Å². The van der Waals surface area contributed by atoms with Gasteiger partial charge in [-0.2, -0.15) is 5.26 Å². The maximum absolute atomic E-state index is 12.5. The number of carbonyl (C=O) groups is 1. The number of anilines is 1. The predicted molar refractivity (Wildman–Crippen MR) is 133 cm³/mol. The Labute approximate surface area is 206 Å². The average molecular weight is 523 g/mol. The Morgan fingerprint density at radius 3 is 2.41 bits per heavy atom. The molecule has 3 aromatic rings. The molecule has 0 heterocycles. The average Bonchev–Trinajstić information content (AvgIpc) is 2.86. The summed E-state index contributed by atoms with van der Waals surface area (Å²) in [5, 5.41) is 12.2. The van der Waals surface area contributed by atoms with E-state index in [1.165, 1.54) is 13.2 Å². The molecule has 0 spiro atoms. The number of carbonyl (C=O) groups excluding carboxylic acids is 1. The first-order valence-electron chi connectivity index (χ1n) is 10.3. The number of nitriles is 1. The van der Waals surface area contributed by atoms with Crippen molar-refractivity contribution in [2.75, 3.05) is 32.8 Å². The molecule has 0 fully saturated rings. The van der Waals surface area contributed by atoms with E-state index in [2.05, 4.69) is 21.2 Å². The number of rotatable bonds is 10. The molecule has 0 aliphatic rings. The van der Waals surface area contributed by atoms with Crippen molar-refractivity contribution in [2.45, 2.75) is 0 Å². The molecular formula is C26H23BrN2O5. The topological polar surface area (TPSA) is 89.8 Å². The summed E-state index contributed by atoms with van der Waals surface area (Å²) in [7, 11) is 3.11. The zero-order valence-electron chi connectivity index (χ0n) is 18.7. The quantitative estimate of drug-likeness (QED) is 0.215. The van der Waals surface area contributed by atoms with Crippen molar-refractivity contribution in [3.05, 3.63) is 82.3 Å². The third-order valence-electron chi connectivity index (χ3n) is 4.60. The van der Waals surface area contributed by atoms with E-state index < -0.39 is 5.91 Å². The number of nitrogens with one attached hydrogen (secondary N) is 1. The molecule has 7 nitrogen and oxygen atoms in total. The lowest BCUT2D eigenvalue weighted by Gasteiger charge is -2.14. The Bertz CT molecular complexity index is 1210. The van der Waals surface area contributed by atoms with Gasteiger partial charge in [-0.3, -0.25) is 4.79 Å². The van der Waals surface area contributed by atoms with Crippen LogP contribution < -0.4 is 24.3 Å². The Hall–Kier alpha value is -3.96. The molecule has 3 rings (SSSR count). The van der Waals surface area contributed by atoms with E-state index in [1.54, 1.807) is 49.6 Å². The van der Waals surface area contributed by atoms with Crippen molar-refractivity contribution in [3.8, 4) is 29.1 Å². The zero-order valence-corrected chi connectivity index (χ0v) is 20.3. The summed E-state index contributed by atoms with van der Waals surface area (Å²) in [6, 6.07) is 21.6. The Morgan fingerprint density at radius 2 is 1.71 bits per heavy atom. The fourth-order valence-corrected chi connectivity index (χ4v) is 3.57. The molecule has 0 aromatic heterocycles. The summed E-state index contributed by atoms with van der Waals surface area (Å²) < 4.78 is 22.8. The van der Waals surface area contributed by atoms with Gasteiger partial charge in [-0.1, -0.05) is 24.3 Å². The van der Waals surface area contributed by atoms with Gasteiger partial charge in [-0.25, -0.2) is 0 Å². The maximum atomic E-state index is 12.5. The van der Waals surface area contributed by atoms with Gasteiger partial charge in [0, 0.05) is 11.8 Å². The summed E-state index contributed by atoms with van der Waals surface area (Å²) >= 11 is 3.48. The minimum absolute atomic E-state index is 0.0434. The molecule has 0 saturated carbocycles. The van der Waals surface area contributed by atoms with Crippen LogP contribution in [0.1, 0.15) is 5.56 Å². The number of halogens is 1. The van der Waals surface area contributed by atoms with Crippen LogP contribution in [0.5, 0.6) is 23.0 Å². The number of amides is 1. The van der Waals surface area contributed by atoms with Crippen molar-refractivity contribution in [3.63, 3.8) is 0 Å². The van der Waals surface area contributed by atoms with E-state index in [4.69, 9.17) is 18.9 Å². The molecule has 0 aliphatic carbocycles. The van der Waals surface area contributed by atoms with Crippen LogP contribution >= 0.6 is 15.9 Å². The van der Waals surface area contributed by atoms with E-state index in [0.717, 1.165) is 0 Å². The van der Waals surface area contributed by atoms with Gasteiger partial charge < -0.3 is 24.3 Å². The van der Waals surface area contributed by atoms with Gasteiger partial charge in [-0.05, 0) is 64.0 Å². The van der Waals surface area contributed by atoms with Crippen LogP contribution in [0.2, 0.25) is 0 Å². The molecule has 8 heteroatoms. The molecule has 0 bridgehead atoms. The standard InChI is InChI=1S/C26H23BrN2O5/c1-31-21-9-6-10-22(16-21)33-11-12-34-25-23(27)14-18(15-24(25)32-2)13-19(17-28)26(30)29-20-7-4-3-5-8-20/h3-10,13-16H,11-12H2,1-2H3,(H,29,30)/b19-13+. The summed E-state index contributed by atoms with van der Waals surface area (Å²) in [6.07, 6.45) is 1.49. The first-order chi connectivity index (χ1) is 16.5. The molecule has 174 valence electrons. The molecule has 34 heavy (non-hydrogen) atoms. The molecule has 0 radical (unpaired) electrons. The monoisotopic (exact) mass is 522 g/mol. The maximum Gasteiger partial charge on any atom is 0.266 e. The van der Waals surface area contributed by atoms with Gasteiger partial charge in [0.05, 0.1) is 18.7 Å². The molecule has 0 unspecified atom stereocenters. The van der Waals surface area contributed by atoms with Crippen molar-refractivity contribution >= 4 is 33.6 Å². The minimum Gasteiger partial charge on any atom is -0.497 e. The lowest BCUT2D eigenvalue weighted by atomic mass is 10.1. The van der Waals surface area contributed by atoms with Crippen LogP contribution in [-0.4, -0.2) is 33.3 Å². The summed E-state index contributed by atoms with van der Waals surface area (Å²) in [5.74, 6) is 1.82. The van der Waals surface area contributed by atoms with E-state index >= 15 is 0 Å². The molecular weight excluding hydrogens is 500 g/mol. The van der Waals surface area contributed by atoms with Gasteiger partial charge in [0.2, 0.25) is 0 Å². The first kappa shape index (κ1) is 24.7. The van der Waals surface area contributed by atoms with Crippen LogP contribution in [0.4, 0.5) is 5.69 Å². The number of benzene rings is 3. The highest BCUT2D eigenvalue weighted by Crippen LogP contribution is 2.37. The molecule has 0 atom stereocenters. The molecule has 0 aliphatic heterocycles. The zero-order chi connectivity index (χ0) is 24.3. The number of para-hydroxylation sites is 1. The Kier molecular flexibility index (Phi) is 8.95. The van der Waals surface area contributed by atoms with Gasteiger partial charge in [0.25, 0.3) is 5.91 Å². The van der Waals surface area contributed by atoms with Gasteiger partial charge >= 0.3 is 0 Å². The smallest absolute Gasteiger partial charge is 0.266 e. The van der Waals surface area contributed by atoms with E-state index in [-0.39, 0.29) is 12.2 Å². The Balaban J connectivity index is 1.68. The highest BCUT2D eigenvalue weighted by molar-refractivity contribution is 9.10. The third-order valence-corrected chi connectivity index (χ3v) is 5.19. The van der Waals surface area contributed by atoms with E-state index in [0.29, 0.717) is 45.3 Å². The van der Waals surface area contributed by atoms with Crippen LogP contribution in [0.3, 0.4) is 0 Å². The number of ether oxygens (including phenoxy) is 4. The number of methoxy groups -OCH3 is 2. The summed E-state index contributed by atoms with van der Waals surface area (Å²) in [6.45, 7) is 0.576. The van der Waals surface area contributed by atoms with Crippen LogP contribution in [-0.2, 0) is 4.79 Å². The fourth-order valence-electron chi connectivity index (χ4n) is 2.99. The summed E-state index contributed by atoms with van der Waals surface area (Å²) in [4.78, 5) is 12.5. The predicted octanol–water partition coefficient (Wildman–Crippen LogP) is 5.47. The SMILES string of the molecule is COc1cccc(OCCOc2c(Br)cc(/C=C(\C#N)C(=O)Nc3ccccc3)cc2OC)c1. The van der Waals surface area contributed by atoms with E-state index in [9.17, 15) is 10.1 Å². The second kappa shape index (κ2) is 12.3. The van der Waals surface area contributed by atoms with Gasteiger partial charge in [-0.15, -0.1) is 0 Å². The number of nitrogens with zero attached hydrogens (tertiary/aromatic N) is 1. The summed E-state index contributed by atoms with van der Waals surface area (Å²) in [5.41, 5.74) is 1.16. The molecule has 0 saturated heterocycles. The highest BCUT2D eigenvalue weighted by atomic mass is 79.9. The van der Waals surface area contributed by atoms with E-state index in [1.807, 2.05) is 30.3 Å². The fraction of sp³-hybridized carbons (Fsp3) is 0.154. The van der Waals surface area contributed by atoms with Gasteiger partial charge in [0.1, 0.15) is 36.4 Å². The number of hydrogen-bond acceptors (Lipinski definition) is 6. The van der Waals surface area contributed by atoms with Crippen molar-refractivity contribution in [1.82, 2.24) is 0 Å².